The molecule has 6 nitrogen and oxygen atoms in total. The van der Waals surface area contributed by atoms with E-state index in [1.165, 1.54) is 13.2 Å². The first-order valence-corrected chi connectivity index (χ1v) is 7.91. The summed E-state index contributed by atoms with van der Waals surface area (Å²) >= 11 is 11.9. The van der Waals surface area contributed by atoms with Crippen LogP contribution in [-0.2, 0) is 4.74 Å². The fourth-order valence-electron chi connectivity index (χ4n) is 1.93. The Balaban J connectivity index is 2.15. The van der Waals surface area contributed by atoms with Gasteiger partial charge in [-0.3, -0.25) is 4.79 Å². The molecule has 0 bridgehead atoms. The molecular formula is C17H15Cl2N3O3. The van der Waals surface area contributed by atoms with Gasteiger partial charge in [-0.15, -0.1) is 0 Å². The molecule has 2 aromatic rings. The third-order valence-corrected chi connectivity index (χ3v) is 3.76. The minimum absolute atomic E-state index is 0.265. The van der Waals surface area contributed by atoms with Crippen molar-refractivity contribution in [2.45, 2.75) is 6.92 Å². The summed E-state index contributed by atoms with van der Waals surface area (Å²) in [5, 5.41) is 7.38. The van der Waals surface area contributed by atoms with E-state index in [4.69, 9.17) is 23.2 Å². The molecule has 2 aromatic carbocycles. The van der Waals surface area contributed by atoms with Crippen molar-refractivity contribution in [2.24, 2.45) is 5.10 Å². The number of methoxy groups -OCH3 is 1. The van der Waals surface area contributed by atoms with Gasteiger partial charge in [-0.05, 0) is 42.8 Å². The summed E-state index contributed by atoms with van der Waals surface area (Å²) in [6.07, 6.45) is -0.666. The van der Waals surface area contributed by atoms with E-state index in [9.17, 15) is 9.59 Å². The predicted molar refractivity (Wildman–Crippen MR) is 98.6 cm³/mol. The van der Waals surface area contributed by atoms with Crippen molar-refractivity contribution >= 4 is 46.6 Å². The van der Waals surface area contributed by atoms with Crippen LogP contribution in [0.15, 0.2) is 47.6 Å². The van der Waals surface area contributed by atoms with Crippen molar-refractivity contribution in [3.63, 3.8) is 0 Å². The Labute approximate surface area is 154 Å². The summed E-state index contributed by atoms with van der Waals surface area (Å²) in [5.74, 6) is -0.360. The number of carbonyl (C=O) groups is 2. The van der Waals surface area contributed by atoms with Crippen LogP contribution in [0.1, 0.15) is 22.8 Å². The zero-order valence-corrected chi connectivity index (χ0v) is 15.0. The lowest BCUT2D eigenvalue weighted by Crippen LogP contribution is -2.18. The Bertz CT molecular complexity index is 838. The zero-order chi connectivity index (χ0) is 18.4. The molecule has 0 aromatic heterocycles. The topological polar surface area (TPSA) is 79.8 Å². The van der Waals surface area contributed by atoms with Gasteiger partial charge in [0.1, 0.15) is 0 Å². The van der Waals surface area contributed by atoms with Crippen LogP contribution in [0, 0.1) is 0 Å². The number of anilines is 1. The van der Waals surface area contributed by atoms with Crippen LogP contribution in [0.4, 0.5) is 10.5 Å². The van der Waals surface area contributed by atoms with E-state index in [0.717, 1.165) is 5.56 Å². The normalized spacial score (nSPS) is 11.0. The summed E-state index contributed by atoms with van der Waals surface area (Å²) in [5.41, 5.74) is 4.38. The fraction of sp³-hybridized carbons (Fsp3) is 0.118. The molecule has 2 amide bonds. The number of nitrogens with zero attached hydrogens (tertiary/aromatic N) is 1. The van der Waals surface area contributed by atoms with Gasteiger partial charge in [-0.2, -0.15) is 5.10 Å². The summed E-state index contributed by atoms with van der Waals surface area (Å²) in [6, 6.07) is 11.6. The van der Waals surface area contributed by atoms with E-state index in [1.807, 2.05) is 0 Å². The molecule has 0 saturated heterocycles. The van der Waals surface area contributed by atoms with E-state index < -0.39 is 6.09 Å². The van der Waals surface area contributed by atoms with Crippen LogP contribution in [0.2, 0.25) is 10.0 Å². The van der Waals surface area contributed by atoms with Crippen LogP contribution < -0.4 is 10.7 Å². The predicted octanol–water partition coefficient (Wildman–Crippen LogP) is 4.33. The van der Waals surface area contributed by atoms with Gasteiger partial charge in [0.05, 0.1) is 23.4 Å². The molecule has 0 unspecified atom stereocenters. The number of ether oxygens (including phenoxy) is 1. The SMILES string of the molecule is COC(=O)N/N=C(/C)c1cccc(NC(=O)c2ccc(Cl)cc2Cl)c1. The highest BCUT2D eigenvalue weighted by Crippen LogP contribution is 2.22. The maximum absolute atomic E-state index is 12.3. The molecule has 0 aliphatic heterocycles. The number of hydrogen-bond acceptors (Lipinski definition) is 4. The third kappa shape index (κ3) is 5.20. The quantitative estimate of drug-likeness (QED) is 0.612. The molecule has 25 heavy (non-hydrogen) atoms. The maximum Gasteiger partial charge on any atom is 0.427 e. The van der Waals surface area contributed by atoms with Crippen molar-refractivity contribution in [1.29, 1.82) is 0 Å². The van der Waals surface area contributed by atoms with Crippen molar-refractivity contribution in [3.8, 4) is 0 Å². The van der Waals surface area contributed by atoms with Gasteiger partial charge < -0.3 is 10.1 Å². The highest BCUT2D eigenvalue weighted by atomic mass is 35.5. The second kappa shape index (κ2) is 8.50. The van der Waals surface area contributed by atoms with Gasteiger partial charge >= 0.3 is 6.09 Å². The Morgan fingerprint density at radius 1 is 1.12 bits per heavy atom. The average Bonchev–Trinajstić information content (AvgIpc) is 2.59. The van der Waals surface area contributed by atoms with Gasteiger partial charge in [0.15, 0.2) is 0 Å². The summed E-state index contributed by atoms with van der Waals surface area (Å²) in [6.45, 7) is 1.72. The minimum Gasteiger partial charge on any atom is -0.452 e. The highest BCUT2D eigenvalue weighted by Gasteiger charge is 2.11. The number of amides is 2. The van der Waals surface area contributed by atoms with Gasteiger partial charge in [-0.25, -0.2) is 10.2 Å². The number of rotatable bonds is 4. The molecule has 130 valence electrons. The van der Waals surface area contributed by atoms with E-state index >= 15 is 0 Å². The molecule has 0 atom stereocenters. The smallest absolute Gasteiger partial charge is 0.427 e. The van der Waals surface area contributed by atoms with Crippen molar-refractivity contribution in [1.82, 2.24) is 5.43 Å². The Kier molecular flexibility index (Phi) is 6.38. The largest absolute Gasteiger partial charge is 0.452 e. The number of hydrazone groups is 1. The molecule has 0 aliphatic rings. The number of halogens is 2. The molecule has 2 rings (SSSR count). The second-order valence-electron chi connectivity index (χ2n) is 4.96. The van der Waals surface area contributed by atoms with Gasteiger partial charge in [0.2, 0.25) is 0 Å². The highest BCUT2D eigenvalue weighted by molar-refractivity contribution is 6.37. The molecular weight excluding hydrogens is 365 g/mol. The summed E-state index contributed by atoms with van der Waals surface area (Å²) < 4.78 is 4.45. The number of hydrogen-bond donors (Lipinski definition) is 2. The lowest BCUT2D eigenvalue weighted by molar-refractivity contribution is 0.102. The van der Waals surface area contributed by atoms with E-state index in [-0.39, 0.29) is 10.9 Å². The molecule has 0 fully saturated rings. The van der Waals surface area contributed by atoms with Crippen LogP contribution in [0.25, 0.3) is 0 Å². The van der Waals surface area contributed by atoms with E-state index in [0.29, 0.717) is 22.0 Å². The van der Waals surface area contributed by atoms with Crippen molar-refractivity contribution in [3.05, 3.63) is 63.6 Å². The Morgan fingerprint density at radius 2 is 1.88 bits per heavy atom. The zero-order valence-electron chi connectivity index (χ0n) is 13.5. The molecule has 2 N–H and O–H groups in total. The van der Waals surface area contributed by atoms with E-state index in [2.05, 4.69) is 20.6 Å². The standard InChI is InChI=1S/C17H15Cl2N3O3/c1-10(21-22-17(24)25-2)11-4-3-5-13(8-11)20-16(23)14-7-6-12(18)9-15(14)19/h3-9H,1-2H3,(H,20,23)(H,22,24)/b21-10-. The average molecular weight is 380 g/mol. The first-order chi connectivity index (χ1) is 11.9. The van der Waals surface area contributed by atoms with Crippen molar-refractivity contribution in [2.75, 3.05) is 12.4 Å². The minimum atomic E-state index is -0.666. The monoisotopic (exact) mass is 379 g/mol. The molecule has 0 aliphatic carbocycles. The van der Waals surface area contributed by atoms with Crippen molar-refractivity contribution < 1.29 is 14.3 Å². The first-order valence-electron chi connectivity index (χ1n) is 7.16. The molecule has 8 heteroatoms. The molecule has 0 radical (unpaired) electrons. The molecule has 0 spiro atoms. The second-order valence-corrected chi connectivity index (χ2v) is 5.80. The van der Waals surface area contributed by atoms with Gasteiger partial charge in [-0.1, -0.05) is 35.3 Å². The first kappa shape index (κ1) is 18.8. The molecule has 0 heterocycles. The lowest BCUT2D eigenvalue weighted by Gasteiger charge is -2.09. The summed E-state index contributed by atoms with van der Waals surface area (Å²) in [7, 11) is 1.25. The van der Waals surface area contributed by atoms with Gasteiger partial charge in [0, 0.05) is 10.7 Å². The summed E-state index contributed by atoms with van der Waals surface area (Å²) in [4.78, 5) is 23.4. The van der Waals surface area contributed by atoms with E-state index in [1.54, 1.807) is 43.3 Å². The van der Waals surface area contributed by atoms with Gasteiger partial charge in [0.25, 0.3) is 5.91 Å². The Hall–Kier alpha value is -2.57. The lowest BCUT2D eigenvalue weighted by atomic mass is 10.1. The number of benzene rings is 2. The maximum atomic E-state index is 12.3. The van der Waals surface area contributed by atoms with Crippen LogP contribution in [-0.4, -0.2) is 24.8 Å². The Morgan fingerprint density at radius 3 is 2.56 bits per heavy atom. The van der Waals surface area contributed by atoms with Crippen LogP contribution in [0.5, 0.6) is 0 Å². The third-order valence-electron chi connectivity index (χ3n) is 3.21. The van der Waals surface area contributed by atoms with Crippen LogP contribution >= 0.6 is 23.2 Å². The fourth-order valence-corrected chi connectivity index (χ4v) is 2.43. The van der Waals surface area contributed by atoms with Crippen LogP contribution in [0.3, 0.4) is 0 Å². The molecule has 0 saturated carbocycles. The number of nitrogens with one attached hydrogen (secondary N) is 2. The number of carbonyl (C=O) groups excluding carboxylic acids is 2.